The van der Waals surface area contributed by atoms with Gasteiger partial charge in [-0.05, 0) is 49.1 Å². The molecule has 3 aromatic rings. The number of fused-ring (bicyclic) bond motifs is 2. The van der Waals surface area contributed by atoms with Gasteiger partial charge in [0.2, 0.25) is 0 Å². The maximum atomic E-state index is 14.6. The van der Waals surface area contributed by atoms with Crippen LogP contribution in [0.5, 0.6) is 0 Å². The second-order valence-electron chi connectivity index (χ2n) is 7.09. The monoisotopic (exact) mass is 382 g/mol. The van der Waals surface area contributed by atoms with Crippen LogP contribution in [0.2, 0.25) is 0 Å². The molecule has 0 radical (unpaired) electrons. The van der Waals surface area contributed by atoms with Crippen LogP contribution in [-0.2, 0) is 20.5 Å². The standard InChI is InChI=1S/C20H19FN4O3/c1-11-9-12-5-4-8-25(16(12)14(21)10-11)19(27)15-7-6-13-17(22-15)23(2)20(28)24(3)18(13)26/h6-7,9-10H,4-5,8H2,1-3H3. The minimum absolute atomic E-state index is 0.0589. The molecule has 2 aromatic heterocycles. The van der Waals surface area contributed by atoms with E-state index >= 15 is 0 Å². The highest BCUT2D eigenvalue weighted by Crippen LogP contribution is 2.32. The summed E-state index contributed by atoms with van der Waals surface area (Å²) in [5, 5.41) is 0.238. The topological polar surface area (TPSA) is 77.2 Å². The van der Waals surface area contributed by atoms with Crippen molar-refractivity contribution in [3.05, 3.63) is 67.7 Å². The fourth-order valence-electron chi connectivity index (χ4n) is 3.75. The molecule has 8 heteroatoms. The van der Waals surface area contributed by atoms with Crippen LogP contribution >= 0.6 is 0 Å². The molecule has 0 unspecified atom stereocenters. The first-order chi connectivity index (χ1) is 13.3. The molecule has 1 aliphatic rings. The zero-order valence-electron chi connectivity index (χ0n) is 15.8. The van der Waals surface area contributed by atoms with Crippen LogP contribution in [0.4, 0.5) is 10.1 Å². The minimum Gasteiger partial charge on any atom is -0.304 e. The average Bonchev–Trinajstić information content (AvgIpc) is 2.69. The molecule has 1 aliphatic heterocycles. The van der Waals surface area contributed by atoms with Gasteiger partial charge in [0.05, 0.1) is 11.1 Å². The third-order valence-corrected chi connectivity index (χ3v) is 5.15. The van der Waals surface area contributed by atoms with Gasteiger partial charge in [0.25, 0.3) is 11.5 Å². The van der Waals surface area contributed by atoms with Gasteiger partial charge in [-0.2, -0.15) is 0 Å². The number of benzene rings is 1. The maximum absolute atomic E-state index is 14.6. The van der Waals surface area contributed by atoms with Crippen molar-refractivity contribution in [3.8, 4) is 0 Å². The van der Waals surface area contributed by atoms with E-state index in [1.165, 1.54) is 41.8 Å². The van der Waals surface area contributed by atoms with Gasteiger partial charge >= 0.3 is 5.69 Å². The molecular formula is C20H19FN4O3. The molecule has 1 aromatic carbocycles. The summed E-state index contributed by atoms with van der Waals surface area (Å²) in [6.45, 7) is 2.19. The lowest BCUT2D eigenvalue weighted by Crippen LogP contribution is -2.39. The van der Waals surface area contributed by atoms with Crippen molar-refractivity contribution in [1.82, 2.24) is 14.1 Å². The molecule has 7 nitrogen and oxygen atoms in total. The van der Waals surface area contributed by atoms with E-state index in [2.05, 4.69) is 4.98 Å². The Morgan fingerprint density at radius 3 is 2.64 bits per heavy atom. The Morgan fingerprint density at radius 2 is 1.89 bits per heavy atom. The number of carbonyl (C=O) groups excluding carboxylic acids is 1. The first-order valence-corrected chi connectivity index (χ1v) is 8.97. The number of halogens is 1. The van der Waals surface area contributed by atoms with Crippen LogP contribution in [-0.4, -0.2) is 26.6 Å². The second-order valence-corrected chi connectivity index (χ2v) is 7.09. The zero-order valence-corrected chi connectivity index (χ0v) is 15.8. The van der Waals surface area contributed by atoms with Crippen molar-refractivity contribution < 1.29 is 9.18 Å². The number of pyridine rings is 1. The molecule has 3 heterocycles. The number of aromatic nitrogens is 3. The summed E-state index contributed by atoms with van der Waals surface area (Å²) in [5.41, 5.74) is 1.05. The number of carbonyl (C=O) groups is 1. The van der Waals surface area contributed by atoms with Crippen LogP contribution in [0, 0.1) is 12.7 Å². The summed E-state index contributed by atoms with van der Waals surface area (Å²) in [4.78, 5) is 43.2. The molecule has 0 saturated heterocycles. The molecule has 0 aliphatic carbocycles. The fourth-order valence-corrected chi connectivity index (χ4v) is 3.75. The van der Waals surface area contributed by atoms with E-state index in [1.54, 1.807) is 0 Å². The molecule has 4 rings (SSSR count). The highest BCUT2D eigenvalue weighted by molar-refractivity contribution is 6.06. The van der Waals surface area contributed by atoms with Gasteiger partial charge in [-0.3, -0.25) is 18.7 Å². The summed E-state index contributed by atoms with van der Waals surface area (Å²) in [6, 6.07) is 6.22. The quantitative estimate of drug-likeness (QED) is 0.642. The van der Waals surface area contributed by atoms with Gasteiger partial charge in [0.1, 0.15) is 17.2 Å². The van der Waals surface area contributed by atoms with Crippen LogP contribution in [0.1, 0.15) is 28.0 Å². The lowest BCUT2D eigenvalue weighted by Gasteiger charge is -2.30. The summed E-state index contributed by atoms with van der Waals surface area (Å²) < 4.78 is 16.8. The van der Waals surface area contributed by atoms with Gasteiger partial charge in [0.15, 0.2) is 0 Å². The molecule has 0 N–H and O–H groups in total. The van der Waals surface area contributed by atoms with Gasteiger partial charge in [0, 0.05) is 20.6 Å². The molecular weight excluding hydrogens is 363 g/mol. The van der Waals surface area contributed by atoms with Crippen LogP contribution in [0.25, 0.3) is 11.0 Å². The molecule has 0 atom stereocenters. The summed E-state index contributed by atoms with van der Waals surface area (Å²) in [6.07, 6.45) is 1.42. The van der Waals surface area contributed by atoms with Crippen LogP contribution in [0.3, 0.4) is 0 Å². The largest absolute Gasteiger partial charge is 0.332 e. The van der Waals surface area contributed by atoms with E-state index in [4.69, 9.17) is 0 Å². The van der Waals surface area contributed by atoms with Crippen molar-refractivity contribution in [2.24, 2.45) is 14.1 Å². The molecule has 28 heavy (non-hydrogen) atoms. The van der Waals surface area contributed by atoms with Gasteiger partial charge in [-0.1, -0.05) is 6.07 Å². The lowest BCUT2D eigenvalue weighted by molar-refractivity contribution is 0.0979. The highest BCUT2D eigenvalue weighted by Gasteiger charge is 2.28. The Morgan fingerprint density at radius 1 is 1.14 bits per heavy atom. The normalized spacial score (nSPS) is 13.6. The number of aryl methyl sites for hydroxylation is 3. The highest BCUT2D eigenvalue weighted by atomic mass is 19.1. The summed E-state index contributed by atoms with van der Waals surface area (Å²) in [7, 11) is 2.88. The predicted molar refractivity (Wildman–Crippen MR) is 103 cm³/mol. The number of hydrogen-bond acceptors (Lipinski definition) is 4. The zero-order chi connectivity index (χ0) is 20.2. The first-order valence-electron chi connectivity index (χ1n) is 8.97. The van der Waals surface area contributed by atoms with Crippen LogP contribution in [0.15, 0.2) is 33.9 Å². The molecule has 0 bridgehead atoms. The fraction of sp³-hybridized carbons (Fsp3) is 0.300. The molecule has 144 valence electrons. The van der Waals surface area contributed by atoms with E-state index in [1.807, 2.05) is 13.0 Å². The van der Waals surface area contributed by atoms with Crippen molar-refractivity contribution in [1.29, 1.82) is 0 Å². The van der Waals surface area contributed by atoms with Crippen molar-refractivity contribution in [2.75, 3.05) is 11.4 Å². The average molecular weight is 382 g/mol. The summed E-state index contributed by atoms with van der Waals surface area (Å²) in [5.74, 6) is -0.899. The number of hydrogen-bond donors (Lipinski definition) is 0. The Kier molecular flexibility index (Phi) is 4.14. The SMILES string of the molecule is Cc1cc(F)c2c(c1)CCCN2C(=O)c1ccc2c(=O)n(C)c(=O)n(C)c2n1. The third-order valence-electron chi connectivity index (χ3n) is 5.15. The van der Waals surface area contributed by atoms with Gasteiger partial charge in [-0.25, -0.2) is 14.2 Å². The van der Waals surface area contributed by atoms with E-state index in [-0.39, 0.29) is 22.4 Å². The molecule has 0 spiro atoms. The lowest BCUT2D eigenvalue weighted by atomic mass is 9.98. The summed E-state index contributed by atoms with van der Waals surface area (Å²) >= 11 is 0. The number of amides is 1. The van der Waals surface area contributed by atoms with Crippen molar-refractivity contribution >= 4 is 22.6 Å². The van der Waals surface area contributed by atoms with Gasteiger partial charge in [-0.15, -0.1) is 0 Å². The number of rotatable bonds is 1. The Balaban J connectivity index is 1.86. The van der Waals surface area contributed by atoms with E-state index in [9.17, 15) is 18.8 Å². The van der Waals surface area contributed by atoms with Crippen molar-refractivity contribution in [2.45, 2.75) is 19.8 Å². The van der Waals surface area contributed by atoms with Crippen molar-refractivity contribution in [3.63, 3.8) is 0 Å². The Bertz CT molecular complexity index is 1260. The number of nitrogens with zero attached hydrogens (tertiary/aromatic N) is 4. The second kappa shape index (κ2) is 6.40. The Hall–Kier alpha value is -3.29. The molecule has 0 fully saturated rings. The molecule has 0 saturated carbocycles. The smallest absolute Gasteiger partial charge is 0.304 e. The first kappa shape index (κ1) is 18.1. The van der Waals surface area contributed by atoms with E-state index in [0.717, 1.165) is 15.7 Å². The molecule has 1 amide bonds. The maximum Gasteiger partial charge on any atom is 0.332 e. The minimum atomic E-state index is -0.528. The third kappa shape index (κ3) is 2.64. The van der Waals surface area contributed by atoms with E-state index < -0.39 is 23.0 Å². The van der Waals surface area contributed by atoms with E-state index in [0.29, 0.717) is 19.4 Å². The Labute approximate surface area is 159 Å². The predicted octanol–water partition coefficient (Wildman–Crippen LogP) is 1.67. The number of anilines is 1. The van der Waals surface area contributed by atoms with Gasteiger partial charge < -0.3 is 4.90 Å². The van der Waals surface area contributed by atoms with Crippen LogP contribution < -0.4 is 16.1 Å².